The smallest absolute Gasteiger partial charge is 0.409 e. The van der Waals surface area contributed by atoms with E-state index >= 15 is 0 Å². The van der Waals surface area contributed by atoms with Gasteiger partial charge in [0.25, 0.3) is 0 Å². The molecule has 1 heterocycles. The summed E-state index contributed by atoms with van der Waals surface area (Å²) in [6.45, 7) is 2.58. The molecule has 0 aromatic rings. The second kappa shape index (κ2) is 2.31. The number of rotatable bonds is 1. The third-order valence-electron chi connectivity index (χ3n) is 3.68. The van der Waals surface area contributed by atoms with Crippen LogP contribution >= 0.6 is 0 Å². The van der Waals surface area contributed by atoms with Crippen molar-refractivity contribution in [1.82, 2.24) is 4.81 Å². The Morgan fingerprint density at radius 2 is 2.50 bits per heavy atom. The standard InChI is InChI=1S/C10H12BNO2/c1-11(14)12-6-7-5-10(7)8(12)3-2-4-9(10)13/h2-4,7,14H,5-6H2,1H3. The van der Waals surface area contributed by atoms with Crippen molar-refractivity contribution in [2.75, 3.05) is 6.54 Å². The summed E-state index contributed by atoms with van der Waals surface area (Å²) in [5, 5.41) is 9.56. The first-order chi connectivity index (χ1) is 6.66. The van der Waals surface area contributed by atoms with Crippen LogP contribution in [0.25, 0.3) is 0 Å². The molecule has 0 amide bonds. The summed E-state index contributed by atoms with van der Waals surface area (Å²) in [6.07, 6.45) is 6.40. The van der Waals surface area contributed by atoms with Gasteiger partial charge in [0.2, 0.25) is 0 Å². The predicted octanol–water partition coefficient (Wildman–Crippen LogP) is 0.441. The highest BCUT2D eigenvalue weighted by molar-refractivity contribution is 6.46. The van der Waals surface area contributed by atoms with Gasteiger partial charge in [0.15, 0.2) is 5.78 Å². The van der Waals surface area contributed by atoms with Gasteiger partial charge in [-0.25, -0.2) is 0 Å². The lowest BCUT2D eigenvalue weighted by molar-refractivity contribution is -0.118. The Hall–Kier alpha value is -1.03. The first-order valence-electron chi connectivity index (χ1n) is 5.04. The van der Waals surface area contributed by atoms with Gasteiger partial charge >= 0.3 is 7.05 Å². The average Bonchev–Trinajstić information content (AvgIpc) is 2.75. The predicted molar refractivity (Wildman–Crippen MR) is 53.3 cm³/mol. The lowest BCUT2D eigenvalue weighted by atomic mass is 9.82. The van der Waals surface area contributed by atoms with Crippen LogP contribution in [0.15, 0.2) is 23.9 Å². The van der Waals surface area contributed by atoms with E-state index < -0.39 is 7.05 Å². The van der Waals surface area contributed by atoms with Crippen molar-refractivity contribution in [3.63, 3.8) is 0 Å². The molecule has 4 heteroatoms. The molecule has 72 valence electrons. The van der Waals surface area contributed by atoms with E-state index in [2.05, 4.69) is 0 Å². The minimum Gasteiger partial charge on any atom is -0.432 e. The second-order valence-electron chi connectivity index (χ2n) is 4.43. The number of hydrogen-bond donors (Lipinski definition) is 1. The van der Waals surface area contributed by atoms with Crippen LogP contribution in [0.1, 0.15) is 6.42 Å². The van der Waals surface area contributed by atoms with Crippen molar-refractivity contribution >= 4 is 12.8 Å². The molecule has 2 aliphatic carbocycles. The van der Waals surface area contributed by atoms with Gasteiger partial charge in [0.05, 0.1) is 5.41 Å². The summed E-state index contributed by atoms with van der Waals surface area (Å²) in [4.78, 5) is 13.7. The van der Waals surface area contributed by atoms with E-state index in [1.165, 1.54) is 0 Å². The first kappa shape index (κ1) is 8.30. The molecule has 2 unspecified atom stereocenters. The first-order valence-corrected chi connectivity index (χ1v) is 5.04. The van der Waals surface area contributed by atoms with Crippen LogP contribution < -0.4 is 0 Å². The molecule has 1 saturated carbocycles. The quantitative estimate of drug-likeness (QED) is 0.608. The van der Waals surface area contributed by atoms with Crippen LogP contribution in [0.3, 0.4) is 0 Å². The summed E-state index contributed by atoms with van der Waals surface area (Å²) in [6, 6.07) is 0. The Labute approximate surface area is 83.2 Å². The molecule has 0 radical (unpaired) electrons. The van der Waals surface area contributed by atoms with Crippen molar-refractivity contribution in [2.24, 2.45) is 11.3 Å². The molecule has 0 aromatic carbocycles. The zero-order valence-corrected chi connectivity index (χ0v) is 8.10. The molecule has 3 rings (SSSR count). The molecular formula is C10H12BNO2. The third-order valence-corrected chi connectivity index (χ3v) is 3.68. The van der Waals surface area contributed by atoms with E-state index in [0.29, 0.717) is 5.92 Å². The van der Waals surface area contributed by atoms with E-state index in [1.807, 2.05) is 10.9 Å². The van der Waals surface area contributed by atoms with Crippen molar-refractivity contribution in [3.8, 4) is 0 Å². The van der Waals surface area contributed by atoms with Crippen molar-refractivity contribution in [2.45, 2.75) is 13.2 Å². The molecule has 2 fully saturated rings. The van der Waals surface area contributed by atoms with Crippen LogP contribution in [0.5, 0.6) is 0 Å². The van der Waals surface area contributed by atoms with E-state index in [1.54, 1.807) is 19.0 Å². The van der Waals surface area contributed by atoms with Crippen molar-refractivity contribution in [3.05, 3.63) is 23.9 Å². The van der Waals surface area contributed by atoms with Gasteiger partial charge in [0.1, 0.15) is 0 Å². The zero-order valence-electron chi connectivity index (χ0n) is 8.10. The monoisotopic (exact) mass is 189 g/mol. The Bertz CT molecular complexity index is 374. The molecule has 3 aliphatic rings. The Morgan fingerprint density at radius 1 is 1.71 bits per heavy atom. The highest BCUT2D eigenvalue weighted by atomic mass is 16.2. The Kier molecular flexibility index (Phi) is 1.37. The van der Waals surface area contributed by atoms with E-state index in [-0.39, 0.29) is 11.2 Å². The lowest BCUT2D eigenvalue weighted by Crippen LogP contribution is -2.37. The lowest BCUT2D eigenvalue weighted by Gasteiger charge is -2.27. The molecule has 2 atom stereocenters. The van der Waals surface area contributed by atoms with E-state index in [9.17, 15) is 9.82 Å². The minimum atomic E-state index is -0.481. The third kappa shape index (κ3) is 0.757. The van der Waals surface area contributed by atoms with Gasteiger partial charge in [0, 0.05) is 12.2 Å². The van der Waals surface area contributed by atoms with Gasteiger partial charge in [-0.1, -0.05) is 6.08 Å². The maximum atomic E-state index is 11.8. The maximum absolute atomic E-state index is 11.8. The van der Waals surface area contributed by atoms with Gasteiger partial charge in [-0.05, 0) is 31.3 Å². The average molecular weight is 189 g/mol. The summed E-state index contributed by atoms with van der Waals surface area (Å²) >= 11 is 0. The summed E-state index contributed by atoms with van der Waals surface area (Å²) in [7, 11) is -0.481. The highest BCUT2D eigenvalue weighted by Crippen LogP contribution is 2.65. The van der Waals surface area contributed by atoms with Gasteiger partial charge in [-0.15, -0.1) is 0 Å². The molecule has 1 aliphatic heterocycles. The number of piperidine rings is 1. The second-order valence-corrected chi connectivity index (χ2v) is 4.43. The van der Waals surface area contributed by atoms with Gasteiger partial charge in [-0.3, -0.25) is 4.79 Å². The zero-order chi connectivity index (χ0) is 9.92. The normalized spacial score (nSPS) is 37.9. The Balaban J connectivity index is 2.04. The topological polar surface area (TPSA) is 40.5 Å². The molecule has 0 bridgehead atoms. The number of carbonyl (C=O) groups is 1. The van der Waals surface area contributed by atoms with Gasteiger partial charge in [-0.2, -0.15) is 0 Å². The number of hydrogen-bond acceptors (Lipinski definition) is 3. The van der Waals surface area contributed by atoms with Crippen LogP contribution in [-0.4, -0.2) is 29.2 Å². The van der Waals surface area contributed by atoms with E-state index in [4.69, 9.17) is 0 Å². The fraction of sp³-hybridized carbons (Fsp3) is 0.500. The minimum absolute atomic E-state index is 0.225. The molecule has 1 N–H and O–H groups in total. The van der Waals surface area contributed by atoms with Crippen LogP contribution in [-0.2, 0) is 4.79 Å². The summed E-state index contributed by atoms with van der Waals surface area (Å²) in [5.74, 6) is 0.670. The number of carbonyl (C=O) groups excluding carboxylic acids is 1. The van der Waals surface area contributed by atoms with E-state index in [0.717, 1.165) is 18.7 Å². The van der Waals surface area contributed by atoms with Crippen LogP contribution in [0, 0.1) is 11.3 Å². The molecule has 14 heavy (non-hydrogen) atoms. The number of allylic oxidation sites excluding steroid dienone is 4. The molecule has 3 nitrogen and oxygen atoms in total. The number of ketones is 1. The van der Waals surface area contributed by atoms with Crippen molar-refractivity contribution in [1.29, 1.82) is 0 Å². The maximum Gasteiger partial charge on any atom is 0.409 e. The molecule has 1 spiro atoms. The fourth-order valence-electron chi connectivity index (χ4n) is 2.86. The molecular weight excluding hydrogens is 177 g/mol. The SMILES string of the molecule is CB(O)N1CC2CC23C(=O)C=CC=C13. The summed E-state index contributed by atoms with van der Waals surface area (Å²) in [5.41, 5.74) is 0.802. The molecule has 0 aromatic heterocycles. The Morgan fingerprint density at radius 3 is 3.21 bits per heavy atom. The summed E-state index contributed by atoms with van der Waals surface area (Å²) < 4.78 is 0. The van der Waals surface area contributed by atoms with Crippen LogP contribution in [0.2, 0.25) is 6.82 Å². The molecule has 1 saturated heterocycles. The van der Waals surface area contributed by atoms with Crippen molar-refractivity contribution < 1.29 is 9.82 Å². The van der Waals surface area contributed by atoms with Gasteiger partial charge < -0.3 is 9.83 Å². The fourth-order valence-corrected chi connectivity index (χ4v) is 2.86. The van der Waals surface area contributed by atoms with Crippen LogP contribution in [0.4, 0.5) is 0 Å². The highest BCUT2D eigenvalue weighted by Gasteiger charge is 2.67. The number of nitrogens with zero attached hydrogens (tertiary/aromatic N) is 1. The largest absolute Gasteiger partial charge is 0.432 e.